The van der Waals surface area contributed by atoms with Gasteiger partial charge in [0.25, 0.3) is 0 Å². The normalized spacial score (nSPS) is 14.7. The van der Waals surface area contributed by atoms with E-state index in [1.807, 2.05) is 9.80 Å². The minimum absolute atomic E-state index is 0.126. The maximum absolute atomic E-state index is 10.7. The van der Waals surface area contributed by atoms with E-state index in [4.69, 9.17) is 132 Å². The first-order valence-corrected chi connectivity index (χ1v) is 53.6. The fraction of sp³-hybridized carbons (Fsp3) is 1.00. The molecule has 40 nitrogen and oxygen atoms in total. The van der Waals surface area contributed by atoms with Gasteiger partial charge in [0.1, 0.15) is 0 Å². The summed E-state index contributed by atoms with van der Waals surface area (Å²) in [6.45, 7) is 9.33. The summed E-state index contributed by atoms with van der Waals surface area (Å²) in [5.41, 5.74) is 5.69. The number of nitrogens with two attached hydrogens (primary N) is 1. The quantitative estimate of drug-likeness (QED) is 0.0291. The molecule has 0 aromatic heterocycles. The van der Waals surface area contributed by atoms with Gasteiger partial charge in [-0.2, -0.15) is 0 Å². The van der Waals surface area contributed by atoms with Crippen LogP contribution in [0.25, 0.3) is 0 Å². The average molecular weight is 1830 g/mol. The van der Waals surface area contributed by atoms with Gasteiger partial charge in [0.15, 0.2) is 0 Å². The number of hydrogen-bond donors (Lipinski definition) is 10. The molecule has 11 N–H and O–H groups in total. The summed E-state index contributed by atoms with van der Waals surface area (Å²) in [4.78, 5) is 3.84. The standard InChI is InChI=1S/C29H68N2O15Si3.C21H49NO10Si2.C20H48N2O10Si2/c1-35-47(36-2,37-3)18-10-15-44-24-27(32)21-30-13-14-31(22-28(33)25-45-16-11-19-48(38-4,39-5)40-6)23-29(34)26-46-17-12-20-49(41-7,42-8)43-9;1-25-33(26-2,27-3)15-9-13-31-18-20(23)11-7-8-12-22-17-21(24)19-32-14-10-16-34(28-4,29-5)30-6;1-25-33(26-2,27-3)13-7-11-31-17-19(23)15-22(10-9-21)16-20(24)18-32-12-8-14-34(28-4,29-5)30-6/h27-30,32-34H,10-26H2,1-9H3;20-24H,7-19H2,1-6H3;19-20,23-24H,7-18,21H2,1-6H3. The summed E-state index contributed by atoms with van der Waals surface area (Å²) in [7, 11) is 14.8. The number of aliphatic hydroxyl groups is 7. The first-order chi connectivity index (χ1) is 56.2. The zero-order valence-electron chi connectivity index (χ0n) is 75.3. The Kier molecular flexibility index (Phi) is 79.8. The first-order valence-electron chi connectivity index (χ1n) is 40.1. The van der Waals surface area contributed by atoms with Crippen LogP contribution in [0.3, 0.4) is 0 Å². The fourth-order valence-corrected chi connectivity index (χ4v) is 23.7. The minimum Gasteiger partial charge on any atom is -0.391 e. The highest BCUT2D eigenvalue weighted by molar-refractivity contribution is 6.62. The van der Waals surface area contributed by atoms with Crippen LogP contribution in [-0.2, 0) is 126 Å². The topological polar surface area (TPSA) is 457 Å². The molecule has 0 aromatic rings. The molecule has 7 atom stereocenters. The second kappa shape index (κ2) is 77.1. The molecule has 0 radical (unpaired) electrons. The molecule has 0 aliphatic heterocycles. The van der Waals surface area contributed by atoms with Gasteiger partial charge in [-0.05, 0) is 70.8 Å². The largest absolute Gasteiger partial charge is 0.500 e. The van der Waals surface area contributed by atoms with Gasteiger partial charge in [0, 0.05) is 303 Å². The van der Waals surface area contributed by atoms with Gasteiger partial charge in [-0.3, -0.25) is 9.80 Å². The van der Waals surface area contributed by atoms with Gasteiger partial charge in [0.2, 0.25) is 0 Å². The van der Waals surface area contributed by atoms with Crippen molar-refractivity contribution < 1.29 is 162 Å². The molecular formula is C70H165N5O35Si7. The highest BCUT2D eigenvalue weighted by Gasteiger charge is 2.42. The molecule has 0 saturated heterocycles. The summed E-state index contributed by atoms with van der Waals surface area (Å²) < 4.78 is 153. The third-order valence-corrected chi connectivity index (χ3v) is 38.8. The number of ether oxygens (including phenoxy) is 7. The highest BCUT2D eigenvalue weighted by Crippen LogP contribution is 2.21. The van der Waals surface area contributed by atoms with E-state index in [1.54, 1.807) is 149 Å². The van der Waals surface area contributed by atoms with Crippen molar-refractivity contribution in [1.29, 1.82) is 0 Å². The van der Waals surface area contributed by atoms with Crippen LogP contribution >= 0.6 is 0 Å². The van der Waals surface area contributed by atoms with E-state index in [2.05, 4.69) is 10.6 Å². The van der Waals surface area contributed by atoms with Gasteiger partial charge in [-0.25, -0.2) is 0 Å². The molecule has 117 heavy (non-hydrogen) atoms. The molecule has 0 rings (SSSR count). The van der Waals surface area contributed by atoms with Crippen molar-refractivity contribution in [2.75, 3.05) is 314 Å². The molecule has 47 heteroatoms. The number of hydrogen-bond acceptors (Lipinski definition) is 40. The van der Waals surface area contributed by atoms with E-state index in [9.17, 15) is 35.7 Å². The van der Waals surface area contributed by atoms with E-state index in [1.165, 1.54) is 0 Å². The molecule has 7 unspecified atom stereocenters. The van der Waals surface area contributed by atoms with Crippen LogP contribution in [0.15, 0.2) is 0 Å². The lowest BCUT2D eigenvalue weighted by Gasteiger charge is -2.28. The second-order valence-electron chi connectivity index (χ2n) is 27.1. The molecule has 0 bridgehead atoms. The molecule has 0 saturated carbocycles. The Bertz CT molecular complexity index is 1960. The van der Waals surface area contributed by atoms with Crippen molar-refractivity contribution >= 4 is 61.6 Å². The summed E-state index contributed by atoms with van der Waals surface area (Å²) in [5.74, 6) is 0. The van der Waals surface area contributed by atoms with Crippen LogP contribution < -0.4 is 16.4 Å². The number of nitrogens with zero attached hydrogens (tertiary/aromatic N) is 2. The predicted octanol–water partition coefficient (Wildman–Crippen LogP) is 0.391. The van der Waals surface area contributed by atoms with E-state index in [0.29, 0.717) is 186 Å². The van der Waals surface area contributed by atoms with E-state index >= 15 is 0 Å². The van der Waals surface area contributed by atoms with Gasteiger partial charge in [-0.1, -0.05) is 0 Å². The summed E-state index contributed by atoms with van der Waals surface area (Å²) in [6.07, 6.45) is 2.61. The monoisotopic (exact) mass is 1830 g/mol. The third-order valence-electron chi connectivity index (χ3n) is 18.9. The Morgan fingerprint density at radius 2 is 0.427 bits per heavy atom. The Morgan fingerprint density at radius 3 is 0.632 bits per heavy atom. The summed E-state index contributed by atoms with van der Waals surface area (Å²) in [5, 5.41) is 79.0. The van der Waals surface area contributed by atoms with Crippen molar-refractivity contribution in [3.05, 3.63) is 0 Å². The highest BCUT2D eigenvalue weighted by atomic mass is 28.4. The zero-order valence-corrected chi connectivity index (χ0v) is 82.3. The molecule has 0 heterocycles. The van der Waals surface area contributed by atoms with Crippen molar-refractivity contribution in [1.82, 2.24) is 20.4 Å². The van der Waals surface area contributed by atoms with E-state index in [-0.39, 0.29) is 52.7 Å². The fourth-order valence-electron chi connectivity index (χ4n) is 11.9. The molecule has 0 fully saturated rings. The van der Waals surface area contributed by atoms with Crippen molar-refractivity contribution in [2.45, 2.75) is 149 Å². The van der Waals surface area contributed by atoms with Crippen LogP contribution in [0.2, 0.25) is 42.3 Å². The Morgan fingerprint density at radius 1 is 0.239 bits per heavy atom. The van der Waals surface area contributed by atoms with Gasteiger partial charge >= 0.3 is 61.6 Å². The lowest BCUT2D eigenvalue weighted by atomic mass is 10.1. The average Bonchev–Trinajstić information content (AvgIpc) is 0.927. The van der Waals surface area contributed by atoms with Crippen LogP contribution in [0.1, 0.15) is 64.2 Å². The number of aliphatic hydroxyl groups excluding tert-OH is 7. The summed E-state index contributed by atoms with van der Waals surface area (Å²) in [6, 6.07) is 4.40. The minimum atomic E-state index is -2.67. The predicted molar refractivity (Wildman–Crippen MR) is 453 cm³/mol. The maximum atomic E-state index is 10.7. The smallest absolute Gasteiger partial charge is 0.391 e. The second-order valence-corrected chi connectivity index (χ2v) is 48.7. The zero-order chi connectivity index (χ0) is 88.6. The van der Waals surface area contributed by atoms with Crippen molar-refractivity contribution in [2.24, 2.45) is 5.73 Å². The van der Waals surface area contributed by atoms with Crippen molar-refractivity contribution in [3.63, 3.8) is 0 Å². The first kappa shape index (κ1) is 121. The lowest BCUT2D eigenvalue weighted by Crippen LogP contribution is -2.45. The van der Waals surface area contributed by atoms with E-state index < -0.39 is 104 Å². The van der Waals surface area contributed by atoms with Crippen LogP contribution in [0.4, 0.5) is 0 Å². The Labute approximate surface area is 709 Å². The van der Waals surface area contributed by atoms with Crippen molar-refractivity contribution in [3.8, 4) is 0 Å². The number of nitrogens with one attached hydrogen (secondary N) is 2. The molecule has 0 amide bonds. The van der Waals surface area contributed by atoms with Crippen LogP contribution in [0.5, 0.6) is 0 Å². The van der Waals surface area contributed by atoms with Gasteiger partial charge in [-0.15, -0.1) is 0 Å². The number of unbranched alkanes of at least 4 members (excludes halogenated alkanes) is 1. The lowest BCUT2D eigenvalue weighted by molar-refractivity contribution is -0.0107. The Hall–Kier alpha value is -0.0818. The molecule has 0 aliphatic rings. The molecule has 0 aromatic carbocycles. The summed E-state index contributed by atoms with van der Waals surface area (Å²) >= 11 is 0. The van der Waals surface area contributed by atoms with Crippen LogP contribution in [-0.4, -0.2) is 464 Å². The Balaban J connectivity index is -0.00000171. The van der Waals surface area contributed by atoms with Crippen LogP contribution in [0, 0.1) is 0 Å². The number of rotatable bonds is 85. The molecule has 0 aliphatic carbocycles. The van der Waals surface area contributed by atoms with Gasteiger partial charge < -0.3 is 178 Å². The SMILES string of the molecule is CO[Si](CCCOCC(O)CCCCNCC(O)COCCC[Si](OC)(OC)OC)(OC)OC.CO[Si](CCCOCC(O)CN(CCN)CC(O)COCCC[Si](OC)(OC)OC)(OC)OC.CO[Si](CCCOCC(O)CNCCN(CC(O)COCCC[Si](OC)(OC)OC)CC(O)COCCC[Si](OC)(OC)OC)(OC)OC. The molecule has 0 spiro atoms. The molecule has 708 valence electrons. The molecular weight excluding hydrogens is 1670 g/mol. The third kappa shape index (κ3) is 58.1. The van der Waals surface area contributed by atoms with Gasteiger partial charge in [0.05, 0.1) is 89.0 Å². The maximum Gasteiger partial charge on any atom is 0.500 e. The van der Waals surface area contributed by atoms with E-state index in [0.717, 1.165) is 32.2 Å².